The molecule has 0 N–H and O–H groups in total. The topological polar surface area (TPSA) is 27.7 Å². The van der Waals surface area contributed by atoms with E-state index in [2.05, 4.69) is 15.9 Å². The van der Waals surface area contributed by atoms with E-state index in [4.69, 9.17) is 14.2 Å². The van der Waals surface area contributed by atoms with Gasteiger partial charge in [-0.2, -0.15) is 0 Å². The molecule has 0 spiro atoms. The third kappa shape index (κ3) is 3.03. The van der Waals surface area contributed by atoms with Crippen molar-refractivity contribution >= 4 is 15.9 Å². The van der Waals surface area contributed by atoms with Crippen LogP contribution in [0.1, 0.15) is 23.7 Å². The fraction of sp³-hybridized carbons (Fsp3) is 0.571. The number of hydrogen-bond acceptors (Lipinski definition) is 3. The predicted octanol–water partition coefficient (Wildman–Crippen LogP) is 3.70. The molecule has 1 aliphatic heterocycles. The molecule has 1 fully saturated rings. The van der Waals surface area contributed by atoms with Crippen molar-refractivity contribution in [2.24, 2.45) is 5.92 Å². The van der Waals surface area contributed by atoms with E-state index in [1.165, 1.54) is 13.2 Å². The summed E-state index contributed by atoms with van der Waals surface area (Å²) in [6, 6.07) is 3.05. The first-order valence-corrected chi connectivity index (χ1v) is 7.15. The Kier molecular flexibility index (Phi) is 4.68. The zero-order valence-corrected chi connectivity index (χ0v) is 12.9. The largest absolute Gasteiger partial charge is 0.493 e. The van der Waals surface area contributed by atoms with E-state index < -0.39 is 0 Å². The number of rotatable bonds is 4. The third-order valence-electron chi connectivity index (χ3n) is 3.44. The van der Waals surface area contributed by atoms with Gasteiger partial charge in [0.1, 0.15) is 5.82 Å². The molecule has 1 saturated heterocycles. The molecule has 1 aromatic rings. The van der Waals surface area contributed by atoms with Crippen LogP contribution in [0, 0.1) is 11.7 Å². The van der Waals surface area contributed by atoms with Crippen molar-refractivity contribution in [3.63, 3.8) is 0 Å². The Bertz CT molecular complexity index is 453. The number of alkyl halides is 1. The van der Waals surface area contributed by atoms with E-state index in [0.717, 1.165) is 6.42 Å². The molecule has 0 aromatic heterocycles. The molecule has 0 aliphatic carbocycles. The third-order valence-corrected chi connectivity index (χ3v) is 4.68. The average Bonchev–Trinajstić information content (AvgIpc) is 2.84. The minimum Gasteiger partial charge on any atom is -0.493 e. The standard InChI is InChI=1S/C14H18BrFO3/c1-8-4-9(7-19-8)14(15)10-5-12(17-2)13(18-3)6-11(10)16/h5-6,8-9,14H,4,7H2,1-3H3. The quantitative estimate of drug-likeness (QED) is 0.787. The highest BCUT2D eigenvalue weighted by Crippen LogP contribution is 2.42. The van der Waals surface area contributed by atoms with Gasteiger partial charge in [0.25, 0.3) is 0 Å². The maximum atomic E-state index is 14.1. The smallest absolute Gasteiger partial charge is 0.163 e. The Morgan fingerprint density at radius 3 is 2.47 bits per heavy atom. The number of halogens is 2. The highest BCUT2D eigenvalue weighted by atomic mass is 79.9. The molecule has 0 bridgehead atoms. The van der Waals surface area contributed by atoms with Crippen molar-refractivity contribution < 1.29 is 18.6 Å². The second kappa shape index (κ2) is 6.09. The van der Waals surface area contributed by atoms with Crippen LogP contribution in [-0.2, 0) is 4.74 Å². The predicted molar refractivity (Wildman–Crippen MR) is 74.7 cm³/mol. The van der Waals surface area contributed by atoms with Gasteiger partial charge in [0.05, 0.1) is 26.9 Å². The van der Waals surface area contributed by atoms with E-state index in [1.54, 1.807) is 13.2 Å². The molecule has 3 atom stereocenters. The highest BCUT2D eigenvalue weighted by molar-refractivity contribution is 9.09. The average molecular weight is 333 g/mol. The molecule has 5 heteroatoms. The normalized spacial score (nSPS) is 24.3. The first-order valence-electron chi connectivity index (χ1n) is 6.24. The summed E-state index contributed by atoms with van der Waals surface area (Å²) in [4.78, 5) is -0.0859. The number of methoxy groups -OCH3 is 2. The Labute approximate surface area is 121 Å². The van der Waals surface area contributed by atoms with Crippen molar-refractivity contribution in [1.29, 1.82) is 0 Å². The molecule has 3 nitrogen and oxygen atoms in total. The number of ether oxygens (including phenoxy) is 3. The fourth-order valence-corrected chi connectivity index (χ4v) is 3.11. The SMILES string of the molecule is COc1cc(F)c(C(Br)C2COC(C)C2)cc1OC. The molecule has 0 amide bonds. The van der Waals surface area contributed by atoms with Crippen LogP contribution in [0.2, 0.25) is 0 Å². The van der Waals surface area contributed by atoms with Gasteiger partial charge in [-0.3, -0.25) is 0 Å². The van der Waals surface area contributed by atoms with Crippen molar-refractivity contribution in [1.82, 2.24) is 0 Å². The minimum absolute atomic E-state index is 0.0859. The Hall–Kier alpha value is -0.810. The Balaban J connectivity index is 2.28. The van der Waals surface area contributed by atoms with Crippen LogP contribution in [0.5, 0.6) is 11.5 Å². The zero-order chi connectivity index (χ0) is 14.0. The molecule has 1 aromatic carbocycles. The van der Waals surface area contributed by atoms with E-state index in [1.807, 2.05) is 6.92 Å². The summed E-state index contributed by atoms with van der Waals surface area (Å²) >= 11 is 3.58. The van der Waals surface area contributed by atoms with Crippen LogP contribution in [0.25, 0.3) is 0 Å². The van der Waals surface area contributed by atoms with Gasteiger partial charge in [0.15, 0.2) is 11.5 Å². The highest BCUT2D eigenvalue weighted by Gasteiger charge is 2.31. The van der Waals surface area contributed by atoms with E-state index in [9.17, 15) is 4.39 Å². The van der Waals surface area contributed by atoms with Crippen molar-refractivity contribution in [2.45, 2.75) is 24.3 Å². The van der Waals surface area contributed by atoms with E-state index in [0.29, 0.717) is 23.7 Å². The summed E-state index contributed by atoms with van der Waals surface area (Å²) < 4.78 is 30.0. The van der Waals surface area contributed by atoms with Crippen LogP contribution >= 0.6 is 15.9 Å². The summed E-state index contributed by atoms with van der Waals surface area (Å²) in [6.45, 7) is 2.68. The lowest BCUT2D eigenvalue weighted by molar-refractivity contribution is 0.120. The van der Waals surface area contributed by atoms with Crippen LogP contribution in [-0.4, -0.2) is 26.9 Å². The monoisotopic (exact) mass is 332 g/mol. The summed E-state index contributed by atoms with van der Waals surface area (Å²) in [5.41, 5.74) is 0.584. The van der Waals surface area contributed by atoms with Gasteiger partial charge < -0.3 is 14.2 Å². The molecule has 0 saturated carbocycles. The van der Waals surface area contributed by atoms with Gasteiger partial charge in [0.2, 0.25) is 0 Å². The molecule has 3 unspecified atom stereocenters. The Morgan fingerprint density at radius 2 is 1.95 bits per heavy atom. The van der Waals surface area contributed by atoms with Gasteiger partial charge in [-0.15, -0.1) is 0 Å². The molecule has 106 valence electrons. The van der Waals surface area contributed by atoms with Gasteiger partial charge >= 0.3 is 0 Å². The summed E-state index contributed by atoms with van der Waals surface area (Å²) in [5.74, 6) is 0.913. The maximum Gasteiger partial charge on any atom is 0.163 e. The summed E-state index contributed by atoms with van der Waals surface area (Å²) in [5, 5.41) is 0. The summed E-state index contributed by atoms with van der Waals surface area (Å²) in [7, 11) is 3.04. The van der Waals surface area contributed by atoms with Gasteiger partial charge in [-0.1, -0.05) is 15.9 Å². The molecule has 1 aliphatic rings. The first-order chi connectivity index (χ1) is 9.06. The lowest BCUT2D eigenvalue weighted by atomic mass is 9.96. The minimum atomic E-state index is -0.293. The van der Waals surface area contributed by atoms with Crippen LogP contribution < -0.4 is 9.47 Å². The molecule has 1 heterocycles. The lowest BCUT2D eigenvalue weighted by Gasteiger charge is -2.19. The molecule has 0 radical (unpaired) electrons. The molecular weight excluding hydrogens is 315 g/mol. The van der Waals surface area contributed by atoms with Gasteiger partial charge in [-0.05, 0) is 19.4 Å². The van der Waals surface area contributed by atoms with Gasteiger partial charge in [-0.25, -0.2) is 4.39 Å². The van der Waals surface area contributed by atoms with Crippen molar-refractivity contribution in [3.8, 4) is 11.5 Å². The molecular formula is C14H18BrFO3. The molecule has 19 heavy (non-hydrogen) atoms. The van der Waals surface area contributed by atoms with Crippen molar-refractivity contribution in [3.05, 3.63) is 23.5 Å². The van der Waals surface area contributed by atoms with E-state index >= 15 is 0 Å². The van der Waals surface area contributed by atoms with Gasteiger partial charge in [0, 0.05) is 22.4 Å². The first kappa shape index (κ1) is 14.6. The number of benzene rings is 1. The number of hydrogen-bond donors (Lipinski definition) is 0. The maximum absolute atomic E-state index is 14.1. The van der Waals surface area contributed by atoms with Crippen molar-refractivity contribution in [2.75, 3.05) is 20.8 Å². The van der Waals surface area contributed by atoms with Crippen LogP contribution in [0.3, 0.4) is 0 Å². The summed E-state index contributed by atoms with van der Waals surface area (Å²) in [6.07, 6.45) is 1.15. The second-order valence-corrected chi connectivity index (χ2v) is 5.76. The lowest BCUT2D eigenvalue weighted by Crippen LogP contribution is -2.10. The van der Waals surface area contributed by atoms with Crippen LogP contribution in [0.4, 0.5) is 4.39 Å². The Morgan fingerprint density at radius 1 is 1.32 bits per heavy atom. The fourth-order valence-electron chi connectivity index (χ4n) is 2.39. The van der Waals surface area contributed by atoms with E-state index in [-0.39, 0.29) is 22.7 Å². The molecule has 2 rings (SSSR count). The second-order valence-electron chi connectivity index (χ2n) is 4.77. The zero-order valence-electron chi connectivity index (χ0n) is 11.3. The van der Waals surface area contributed by atoms with Crippen LogP contribution in [0.15, 0.2) is 12.1 Å².